The molecule has 0 saturated heterocycles. The first-order valence-corrected chi connectivity index (χ1v) is 12.0. The van der Waals surface area contributed by atoms with Gasteiger partial charge in [-0.1, -0.05) is 41.7 Å². The lowest BCUT2D eigenvalue weighted by molar-refractivity contribution is 0.885. The Balaban J connectivity index is 1.50. The van der Waals surface area contributed by atoms with E-state index in [1.165, 1.54) is 15.9 Å². The van der Waals surface area contributed by atoms with Crippen LogP contribution in [0, 0.1) is 0 Å². The highest BCUT2D eigenvalue weighted by atomic mass is 32.1. The van der Waals surface area contributed by atoms with E-state index in [2.05, 4.69) is 10.1 Å². The van der Waals surface area contributed by atoms with Crippen LogP contribution in [0.2, 0.25) is 0 Å². The number of nitrogens with zero attached hydrogens (tertiary/aromatic N) is 5. The standard InChI is InChI=1S/C22H13N5OS3/c28-21-18(31-22-23-20(25-27(21)22)17-9-5-11-30-17)12-14-13-26(15-6-2-1-3-7-15)24-19(14)16-8-4-10-29-16/h1-13H/b18-12-. The van der Waals surface area contributed by atoms with E-state index in [0.29, 0.717) is 15.3 Å². The molecule has 0 atom stereocenters. The number of benzene rings is 1. The van der Waals surface area contributed by atoms with Gasteiger partial charge in [0.05, 0.1) is 20.0 Å². The maximum Gasteiger partial charge on any atom is 0.291 e. The second-order valence-electron chi connectivity index (χ2n) is 6.71. The molecular formula is C22H13N5OS3. The zero-order valence-electron chi connectivity index (χ0n) is 15.9. The van der Waals surface area contributed by atoms with Crippen LogP contribution in [-0.2, 0) is 0 Å². The van der Waals surface area contributed by atoms with Crippen molar-refractivity contribution in [2.75, 3.05) is 0 Å². The highest BCUT2D eigenvalue weighted by Crippen LogP contribution is 2.28. The van der Waals surface area contributed by atoms with Crippen LogP contribution >= 0.6 is 34.0 Å². The van der Waals surface area contributed by atoms with E-state index in [1.54, 1.807) is 22.7 Å². The molecule has 0 aliphatic rings. The third-order valence-electron chi connectivity index (χ3n) is 4.73. The number of aromatic nitrogens is 5. The summed E-state index contributed by atoms with van der Waals surface area (Å²) in [5, 5.41) is 13.2. The molecule has 0 spiro atoms. The zero-order valence-corrected chi connectivity index (χ0v) is 18.3. The van der Waals surface area contributed by atoms with Crippen molar-refractivity contribution < 1.29 is 0 Å². The van der Waals surface area contributed by atoms with Crippen LogP contribution in [0.4, 0.5) is 0 Å². The average Bonchev–Trinajstić information content (AvgIpc) is 3.60. The van der Waals surface area contributed by atoms with E-state index in [9.17, 15) is 4.79 Å². The largest absolute Gasteiger partial charge is 0.291 e. The summed E-state index contributed by atoms with van der Waals surface area (Å²) in [6, 6.07) is 17.9. The van der Waals surface area contributed by atoms with Gasteiger partial charge in [-0.3, -0.25) is 4.79 Å². The van der Waals surface area contributed by atoms with Gasteiger partial charge in [-0.15, -0.1) is 27.8 Å². The minimum absolute atomic E-state index is 0.167. The summed E-state index contributed by atoms with van der Waals surface area (Å²) in [6.45, 7) is 0. The van der Waals surface area contributed by atoms with Crippen LogP contribution in [0.3, 0.4) is 0 Å². The van der Waals surface area contributed by atoms with Gasteiger partial charge in [0.2, 0.25) is 4.96 Å². The predicted molar refractivity (Wildman–Crippen MR) is 126 cm³/mol. The summed E-state index contributed by atoms with van der Waals surface area (Å²) in [5.74, 6) is 0.584. The second kappa shape index (κ2) is 7.38. The monoisotopic (exact) mass is 459 g/mol. The number of fused-ring (bicyclic) bond motifs is 1. The molecular weight excluding hydrogens is 446 g/mol. The summed E-state index contributed by atoms with van der Waals surface area (Å²) >= 11 is 4.52. The van der Waals surface area contributed by atoms with E-state index in [-0.39, 0.29) is 5.56 Å². The minimum Gasteiger partial charge on any atom is -0.266 e. The van der Waals surface area contributed by atoms with Gasteiger partial charge in [-0.25, -0.2) is 4.68 Å². The van der Waals surface area contributed by atoms with Crippen LogP contribution in [0.1, 0.15) is 5.56 Å². The van der Waals surface area contributed by atoms with Gasteiger partial charge in [0.15, 0.2) is 5.82 Å². The first kappa shape index (κ1) is 18.4. The van der Waals surface area contributed by atoms with Crippen LogP contribution in [0.15, 0.2) is 76.3 Å². The number of hydrogen-bond acceptors (Lipinski definition) is 7. The van der Waals surface area contributed by atoms with Crippen molar-refractivity contribution >= 4 is 45.0 Å². The highest BCUT2D eigenvalue weighted by Gasteiger charge is 2.15. The average molecular weight is 460 g/mol. The first-order valence-electron chi connectivity index (χ1n) is 9.40. The Bertz CT molecular complexity index is 1590. The summed E-state index contributed by atoms with van der Waals surface area (Å²) in [6.07, 6.45) is 3.84. The Hall–Kier alpha value is -3.40. The van der Waals surface area contributed by atoms with E-state index >= 15 is 0 Å². The molecule has 5 aromatic heterocycles. The highest BCUT2D eigenvalue weighted by molar-refractivity contribution is 7.15. The smallest absolute Gasteiger partial charge is 0.266 e. The number of hydrogen-bond donors (Lipinski definition) is 0. The van der Waals surface area contributed by atoms with Crippen molar-refractivity contribution in [3.63, 3.8) is 0 Å². The lowest BCUT2D eigenvalue weighted by Crippen LogP contribution is -2.23. The van der Waals surface area contributed by atoms with E-state index in [4.69, 9.17) is 5.10 Å². The molecule has 0 bridgehead atoms. The van der Waals surface area contributed by atoms with Gasteiger partial charge in [-0.05, 0) is 41.1 Å². The normalized spacial score (nSPS) is 12.2. The summed E-state index contributed by atoms with van der Waals surface area (Å²) in [7, 11) is 0. The third kappa shape index (κ3) is 3.23. The summed E-state index contributed by atoms with van der Waals surface area (Å²) in [5.41, 5.74) is 2.52. The minimum atomic E-state index is -0.167. The molecule has 31 heavy (non-hydrogen) atoms. The number of thiophene rings is 2. The molecule has 9 heteroatoms. The topological polar surface area (TPSA) is 65.1 Å². The quantitative estimate of drug-likeness (QED) is 0.393. The Morgan fingerprint density at radius 1 is 0.871 bits per heavy atom. The van der Waals surface area contributed by atoms with E-state index < -0.39 is 0 Å². The molecule has 6 aromatic rings. The predicted octanol–water partition coefficient (Wildman–Crippen LogP) is 4.34. The van der Waals surface area contributed by atoms with Crippen LogP contribution in [0.5, 0.6) is 0 Å². The Morgan fingerprint density at radius 2 is 1.65 bits per heavy atom. The van der Waals surface area contributed by atoms with Gasteiger partial charge in [-0.2, -0.15) is 14.6 Å². The van der Waals surface area contributed by atoms with E-state index in [0.717, 1.165) is 26.7 Å². The zero-order chi connectivity index (χ0) is 20.8. The molecule has 6 rings (SSSR count). The summed E-state index contributed by atoms with van der Waals surface area (Å²) in [4.78, 5) is 20.1. The van der Waals surface area contributed by atoms with Crippen molar-refractivity contribution in [1.29, 1.82) is 0 Å². The molecule has 0 unspecified atom stereocenters. The molecule has 0 fully saturated rings. The van der Waals surface area contributed by atoms with Gasteiger partial charge in [0, 0.05) is 11.8 Å². The molecule has 150 valence electrons. The fourth-order valence-corrected chi connectivity index (χ4v) is 5.58. The fourth-order valence-electron chi connectivity index (χ4n) is 3.30. The molecule has 0 saturated carbocycles. The molecule has 0 aliphatic carbocycles. The van der Waals surface area contributed by atoms with Crippen LogP contribution in [0.25, 0.3) is 38.0 Å². The van der Waals surface area contributed by atoms with Crippen molar-refractivity contribution in [3.8, 4) is 27.0 Å². The first-order chi connectivity index (χ1) is 15.3. The van der Waals surface area contributed by atoms with Crippen molar-refractivity contribution in [1.82, 2.24) is 24.4 Å². The molecule has 5 heterocycles. The summed E-state index contributed by atoms with van der Waals surface area (Å²) < 4.78 is 3.81. The SMILES string of the molecule is O=c1/c(=C/c2cn(-c3ccccc3)nc2-c2cccs2)sc2nc(-c3cccs3)nn12. The number of rotatable bonds is 4. The Morgan fingerprint density at radius 3 is 2.35 bits per heavy atom. The number of para-hydroxylation sites is 1. The fraction of sp³-hybridized carbons (Fsp3) is 0. The third-order valence-corrected chi connectivity index (χ3v) is 7.43. The van der Waals surface area contributed by atoms with E-state index in [1.807, 2.05) is 82.3 Å². The van der Waals surface area contributed by atoms with Gasteiger partial charge >= 0.3 is 0 Å². The molecule has 0 radical (unpaired) electrons. The van der Waals surface area contributed by atoms with Gasteiger partial charge < -0.3 is 0 Å². The Labute approximate surface area is 188 Å². The molecule has 0 N–H and O–H groups in total. The number of thiazole rings is 1. The van der Waals surface area contributed by atoms with Crippen LogP contribution < -0.4 is 10.1 Å². The molecule has 0 amide bonds. The van der Waals surface area contributed by atoms with Crippen molar-refractivity contribution in [2.45, 2.75) is 0 Å². The lowest BCUT2D eigenvalue weighted by atomic mass is 10.2. The van der Waals surface area contributed by atoms with Crippen molar-refractivity contribution in [3.05, 3.63) is 92.0 Å². The second-order valence-corrected chi connectivity index (χ2v) is 9.62. The molecule has 6 nitrogen and oxygen atoms in total. The van der Waals surface area contributed by atoms with Crippen LogP contribution in [-0.4, -0.2) is 24.4 Å². The Kier molecular flexibility index (Phi) is 4.37. The maximum absolute atomic E-state index is 13.0. The molecule has 1 aromatic carbocycles. The van der Waals surface area contributed by atoms with Crippen molar-refractivity contribution in [2.24, 2.45) is 0 Å². The van der Waals surface area contributed by atoms with Gasteiger partial charge in [0.25, 0.3) is 5.56 Å². The maximum atomic E-state index is 13.0. The lowest BCUT2D eigenvalue weighted by Gasteiger charge is -1.99. The van der Waals surface area contributed by atoms with Gasteiger partial charge in [0.1, 0.15) is 5.69 Å². The molecule has 0 aliphatic heterocycles.